The maximum absolute atomic E-state index is 10.0. The Morgan fingerprint density at radius 2 is 1.78 bits per heavy atom. The molecule has 0 saturated heterocycles. The predicted molar refractivity (Wildman–Crippen MR) is 173 cm³/mol. The SMILES string of the molecule is C=C(C)C1=CC=CC(NS/N=C/C(/C=C\C(C)CC)=C/CC)N1.C=CCNC(C)=O.CC.CC.CCC. The minimum Gasteiger partial charge on any atom is -0.366 e. The van der Waals surface area contributed by atoms with E-state index in [0.717, 1.165) is 29.7 Å². The van der Waals surface area contributed by atoms with Crippen molar-refractivity contribution >= 4 is 24.3 Å². The molecule has 0 aromatic carbocycles. The molecule has 0 fully saturated rings. The summed E-state index contributed by atoms with van der Waals surface area (Å²) in [5.41, 5.74) is 3.23. The Kier molecular flexibility index (Phi) is 38.1. The van der Waals surface area contributed by atoms with E-state index in [2.05, 4.69) is 91.8 Å². The molecule has 6 heteroatoms. The molecule has 214 valence electrons. The van der Waals surface area contributed by atoms with Crippen molar-refractivity contribution in [3.63, 3.8) is 0 Å². The summed E-state index contributed by atoms with van der Waals surface area (Å²) in [7, 11) is 0. The average molecular weight is 535 g/mol. The van der Waals surface area contributed by atoms with Crippen LogP contribution in [-0.4, -0.2) is 24.8 Å². The van der Waals surface area contributed by atoms with Crippen LogP contribution in [-0.2, 0) is 4.79 Å². The zero-order valence-electron chi connectivity index (χ0n) is 25.8. The fourth-order valence-electron chi connectivity index (χ4n) is 2.06. The first-order valence-electron chi connectivity index (χ1n) is 13.7. The normalized spacial score (nSPS) is 14.6. The minimum atomic E-state index is -0.0140. The Morgan fingerprint density at radius 1 is 1.19 bits per heavy atom. The second-order valence-electron chi connectivity index (χ2n) is 7.60. The molecule has 0 spiro atoms. The zero-order valence-corrected chi connectivity index (χ0v) is 26.6. The Labute approximate surface area is 235 Å². The summed E-state index contributed by atoms with van der Waals surface area (Å²) in [5, 5.41) is 5.89. The van der Waals surface area contributed by atoms with Crippen LogP contribution in [0.2, 0.25) is 0 Å². The van der Waals surface area contributed by atoms with E-state index in [9.17, 15) is 4.79 Å². The maximum atomic E-state index is 10.0. The van der Waals surface area contributed by atoms with Crippen LogP contribution in [0, 0.1) is 5.92 Å². The number of nitrogens with zero attached hydrogens (tertiary/aromatic N) is 1. The van der Waals surface area contributed by atoms with Gasteiger partial charge in [0.25, 0.3) is 0 Å². The van der Waals surface area contributed by atoms with Crippen molar-refractivity contribution in [3.05, 3.63) is 72.5 Å². The molecule has 5 nitrogen and oxygen atoms in total. The van der Waals surface area contributed by atoms with Crippen LogP contribution in [0.4, 0.5) is 0 Å². The van der Waals surface area contributed by atoms with Crippen LogP contribution < -0.4 is 15.4 Å². The van der Waals surface area contributed by atoms with Gasteiger partial charge in [-0.15, -0.1) is 6.58 Å². The van der Waals surface area contributed by atoms with E-state index in [0.29, 0.717) is 12.5 Å². The highest BCUT2D eigenvalue weighted by molar-refractivity contribution is 7.96. The van der Waals surface area contributed by atoms with E-state index in [4.69, 9.17) is 0 Å². The molecule has 1 rings (SSSR count). The Bertz CT molecular complexity index is 706. The standard InChI is InChI=1S/C19H29N3S.C5H9NO.C3H8.2C2H6/c1-6-9-17(13-12-16(5)7-2)14-20-23-22-19-11-8-10-18(21-19)15(3)4;1-3-4-6-5(2)7;1-3-2;2*1-2/h8-14,16,19,21-22H,3,6-7H2,1-2,4-5H3;3H,1,4H2,2H3,(H,6,7);3H2,1-2H3;2*1-2H3/b13-12-,17-9+,20-14+;;;;. The van der Waals surface area contributed by atoms with Gasteiger partial charge in [0.1, 0.15) is 6.17 Å². The third kappa shape index (κ3) is 31.7. The summed E-state index contributed by atoms with van der Waals surface area (Å²) in [6.45, 7) is 30.2. The Balaban J connectivity index is -0.000000323. The van der Waals surface area contributed by atoms with Crippen molar-refractivity contribution < 1.29 is 4.79 Å². The highest BCUT2D eigenvalue weighted by Crippen LogP contribution is 2.11. The van der Waals surface area contributed by atoms with Gasteiger partial charge in [-0.3, -0.25) is 4.79 Å². The molecule has 0 aliphatic carbocycles. The number of amides is 1. The minimum absolute atomic E-state index is 0.0140. The number of carbonyl (C=O) groups is 1. The molecule has 3 N–H and O–H groups in total. The first-order chi connectivity index (χ1) is 17.7. The van der Waals surface area contributed by atoms with Crippen molar-refractivity contribution in [2.24, 2.45) is 10.3 Å². The summed E-state index contributed by atoms with van der Waals surface area (Å²) in [6.07, 6.45) is 19.7. The smallest absolute Gasteiger partial charge is 0.217 e. The molecular formula is C31H58N4OS. The lowest BCUT2D eigenvalue weighted by Gasteiger charge is -2.21. The van der Waals surface area contributed by atoms with Crippen LogP contribution in [0.1, 0.15) is 95.4 Å². The molecule has 0 saturated carbocycles. The van der Waals surface area contributed by atoms with Gasteiger partial charge in [0.2, 0.25) is 5.91 Å². The molecular weight excluding hydrogens is 476 g/mol. The number of dihydropyridines is 1. The molecule has 0 aromatic rings. The van der Waals surface area contributed by atoms with Crippen molar-refractivity contribution in [2.75, 3.05) is 6.54 Å². The first kappa shape index (κ1) is 41.8. The third-order valence-electron chi connectivity index (χ3n) is 3.97. The van der Waals surface area contributed by atoms with E-state index in [1.54, 1.807) is 6.08 Å². The molecule has 37 heavy (non-hydrogen) atoms. The fourth-order valence-corrected chi connectivity index (χ4v) is 2.55. The molecule has 2 unspecified atom stereocenters. The van der Waals surface area contributed by atoms with E-state index >= 15 is 0 Å². The first-order valence-corrected chi connectivity index (χ1v) is 14.5. The van der Waals surface area contributed by atoms with Crippen LogP contribution in [0.25, 0.3) is 0 Å². The lowest BCUT2D eigenvalue weighted by molar-refractivity contribution is -0.118. The molecule has 1 aliphatic heterocycles. The molecule has 1 amide bonds. The lowest BCUT2D eigenvalue weighted by atomic mass is 10.1. The molecule has 0 bridgehead atoms. The van der Waals surface area contributed by atoms with E-state index < -0.39 is 0 Å². The van der Waals surface area contributed by atoms with Gasteiger partial charge in [0.05, 0.1) is 12.1 Å². The van der Waals surface area contributed by atoms with Crippen LogP contribution in [0.5, 0.6) is 0 Å². The Hall–Kier alpha value is -2.31. The number of hydrogen-bond donors (Lipinski definition) is 3. The van der Waals surface area contributed by atoms with Gasteiger partial charge in [-0.25, -0.2) is 9.12 Å². The molecule has 1 heterocycles. The number of carbonyl (C=O) groups excluding carboxylic acids is 1. The highest BCUT2D eigenvalue weighted by atomic mass is 32.2. The molecule has 0 aromatic heterocycles. The second kappa shape index (κ2) is 33.7. The summed E-state index contributed by atoms with van der Waals surface area (Å²) < 4.78 is 7.67. The quantitative estimate of drug-likeness (QED) is 0.107. The largest absolute Gasteiger partial charge is 0.366 e. The monoisotopic (exact) mass is 534 g/mol. The van der Waals surface area contributed by atoms with Gasteiger partial charge in [0, 0.05) is 25.4 Å². The third-order valence-corrected chi connectivity index (χ3v) is 4.54. The molecule has 0 radical (unpaired) electrons. The van der Waals surface area contributed by atoms with Gasteiger partial charge in [0.15, 0.2) is 0 Å². The van der Waals surface area contributed by atoms with E-state index in [-0.39, 0.29) is 12.1 Å². The Morgan fingerprint density at radius 3 is 2.22 bits per heavy atom. The van der Waals surface area contributed by atoms with E-state index in [1.807, 2.05) is 53.0 Å². The topological polar surface area (TPSA) is 65.5 Å². The van der Waals surface area contributed by atoms with E-state index in [1.165, 1.54) is 25.5 Å². The van der Waals surface area contributed by atoms with Gasteiger partial charge in [-0.05, 0) is 42.6 Å². The van der Waals surface area contributed by atoms with Crippen LogP contribution in [0.3, 0.4) is 0 Å². The maximum Gasteiger partial charge on any atom is 0.217 e. The molecule has 2 atom stereocenters. The highest BCUT2D eigenvalue weighted by Gasteiger charge is 2.09. The average Bonchev–Trinajstić information content (AvgIpc) is 2.91. The second-order valence-corrected chi connectivity index (χ2v) is 8.23. The number of nitrogens with one attached hydrogen (secondary N) is 3. The number of hydrogen-bond acceptors (Lipinski definition) is 5. The van der Waals surface area contributed by atoms with Crippen molar-refractivity contribution in [1.29, 1.82) is 0 Å². The lowest BCUT2D eigenvalue weighted by Crippen LogP contribution is -2.37. The number of allylic oxidation sites excluding steroid dienone is 7. The number of rotatable bonds is 11. The van der Waals surface area contributed by atoms with Crippen LogP contribution >= 0.6 is 12.1 Å². The van der Waals surface area contributed by atoms with Crippen molar-refractivity contribution in [1.82, 2.24) is 15.4 Å². The summed E-state index contributed by atoms with van der Waals surface area (Å²) >= 11 is 1.34. The predicted octanol–water partition coefficient (Wildman–Crippen LogP) is 8.87. The molecule has 1 aliphatic rings. The summed E-state index contributed by atoms with van der Waals surface area (Å²) in [5.74, 6) is 0.582. The van der Waals surface area contributed by atoms with Gasteiger partial charge < -0.3 is 10.6 Å². The van der Waals surface area contributed by atoms with Crippen LogP contribution in [0.15, 0.2) is 76.9 Å². The summed E-state index contributed by atoms with van der Waals surface area (Å²) in [4.78, 5) is 10.0. The summed E-state index contributed by atoms with van der Waals surface area (Å²) in [6, 6.07) is 0. The fraction of sp³-hybridized carbons (Fsp3) is 0.548. The van der Waals surface area contributed by atoms with Gasteiger partial charge in [-0.2, -0.15) is 0 Å². The zero-order chi connectivity index (χ0) is 29.5. The van der Waals surface area contributed by atoms with Gasteiger partial charge in [-0.1, -0.05) is 112 Å². The van der Waals surface area contributed by atoms with Crippen molar-refractivity contribution in [3.8, 4) is 0 Å². The van der Waals surface area contributed by atoms with Gasteiger partial charge >= 0.3 is 0 Å². The van der Waals surface area contributed by atoms with Crippen molar-refractivity contribution in [2.45, 2.75) is 102 Å².